The van der Waals surface area contributed by atoms with Crippen molar-refractivity contribution in [1.82, 2.24) is 4.90 Å². The Morgan fingerprint density at radius 1 is 1.07 bits per heavy atom. The highest BCUT2D eigenvalue weighted by Crippen LogP contribution is 2.23. The van der Waals surface area contributed by atoms with Crippen LogP contribution in [0.1, 0.15) is 11.1 Å². The number of amides is 1. The summed E-state index contributed by atoms with van der Waals surface area (Å²) in [7, 11) is 3.19. The first-order chi connectivity index (χ1) is 14.2. The number of nitrogens with one attached hydrogen (secondary N) is 1. The van der Waals surface area contributed by atoms with E-state index in [0.717, 1.165) is 50.5 Å². The molecule has 0 radical (unpaired) electrons. The molecule has 1 amide bonds. The van der Waals surface area contributed by atoms with Gasteiger partial charge >= 0.3 is 0 Å². The lowest BCUT2D eigenvalue weighted by molar-refractivity contribution is -0.111. The molecule has 0 spiro atoms. The Bertz CT molecular complexity index is 805. The van der Waals surface area contributed by atoms with Gasteiger partial charge in [0.1, 0.15) is 11.5 Å². The number of benzene rings is 2. The quantitative estimate of drug-likeness (QED) is 0.694. The zero-order valence-corrected chi connectivity index (χ0v) is 17.0. The number of hydrogen-bond donors (Lipinski definition) is 1. The highest BCUT2D eigenvalue weighted by molar-refractivity contribution is 6.01. The summed E-state index contributed by atoms with van der Waals surface area (Å²) >= 11 is 0. The molecule has 1 aliphatic rings. The summed E-state index contributed by atoms with van der Waals surface area (Å²) in [4.78, 5) is 14.6. The Kier molecular flexibility index (Phi) is 7.67. The van der Waals surface area contributed by atoms with Crippen molar-refractivity contribution in [3.8, 4) is 11.5 Å². The van der Waals surface area contributed by atoms with E-state index >= 15 is 0 Å². The minimum absolute atomic E-state index is 0.187. The first-order valence-corrected chi connectivity index (χ1v) is 9.77. The number of rotatable bonds is 8. The normalized spacial score (nSPS) is 14.7. The second kappa shape index (κ2) is 10.6. The van der Waals surface area contributed by atoms with Crippen LogP contribution in [0.5, 0.6) is 11.5 Å². The van der Waals surface area contributed by atoms with Crippen molar-refractivity contribution in [2.24, 2.45) is 0 Å². The van der Waals surface area contributed by atoms with Crippen LogP contribution in [0.2, 0.25) is 0 Å². The molecule has 1 fully saturated rings. The zero-order chi connectivity index (χ0) is 20.5. The van der Waals surface area contributed by atoms with Crippen molar-refractivity contribution in [1.29, 1.82) is 0 Å². The van der Waals surface area contributed by atoms with E-state index in [-0.39, 0.29) is 5.91 Å². The fourth-order valence-electron chi connectivity index (χ4n) is 3.15. The smallest absolute Gasteiger partial charge is 0.248 e. The summed E-state index contributed by atoms with van der Waals surface area (Å²) < 4.78 is 15.9. The molecule has 0 aromatic heterocycles. The molecule has 1 N–H and O–H groups in total. The zero-order valence-electron chi connectivity index (χ0n) is 17.0. The number of anilines is 1. The molecular weight excluding hydrogens is 368 g/mol. The Hall–Kier alpha value is -2.83. The number of morpholine rings is 1. The fraction of sp³-hybridized carbons (Fsp3) is 0.348. The summed E-state index contributed by atoms with van der Waals surface area (Å²) in [6.07, 6.45) is 4.23. The van der Waals surface area contributed by atoms with Gasteiger partial charge in [0, 0.05) is 37.5 Å². The molecule has 154 valence electrons. The lowest BCUT2D eigenvalue weighted by Crippen LogP contribution is -2.37. The summed E-state index contributed by atoms with van der Waals surface area (Å²) in [6, 6.07) is 13.5. The van der Waals surface area contributed by atoms with Crippen molar-refractivity contribution >= 4 is 17.7 Å². The molecule has 6 heteroatoms. The van der Waals surface area contributed by atoms with Gasteiger partial charge in [-0.3, -0.25) is 9.69 Å². The van der Waals surface area contributed by atoms with Gasteiger partial charge < -0.3 is 19.5 Å². The van der Waals surface area contributed by atoms with Crippen molar-refractivity contribution in [2.45, 2.75) is 6.42 Å². The second-order valence-electron chi connectivity index (χ2n) is 6.87. The first kappa shape index (κ1) is 20.9. The van der Waals surface area contributed by atoms with E-state index < -0.39 is 0 Å². The van der Waals surface area contributed by atoms with Crippen molar-refractivity contribution in [3.63, 3.8) is 0 Å². The summed E-state index contributed by atoms with van der Waals surface area (Å²) in [5, 5.41) is 2.89. The predicted molar refractivity (Wildman–Crippen MR) is 115 cm³/mol. The highest BCUT2D eigenvalue weighted by Gasteiger charge is 2.09. The van der Waals surface area contributed by atoms with Gasteiger partial charge in [0.2, 0.25) is 5.91 Å². The van der Waals surface area contributed by atoms with Gasteiger partial charge in [-0.1, -0.05) is 12.1 Å². The second-order valence-corrected chi connectivity index (χ2v) is 6.87. The minimum atomic E-state index is -0.187. The maximum Gasteiger partial charge on any atom is 0.248 e. The van der Waals surface area contributed by atoms with Crippen LogP contribution in [0.25, 0.3) is 6.08 Å². The number of carbonyl (C=O) groups is 1. The largest absolute Gasteiger partial charge is 0.497 e. The SMILES string of the molecule is COc1cc(C=CC(=O)Nc2ccc(CCN3CCOCC3)cc2)cc(OC)c1. The third-order valence-electron chi connectivity index (χ3n) is 4.84. The van der Waals surface area contributed by atoms with Gasteiger partial charge in [-0.2, -0.15) is 0 Å². The molecule has 0 unspecified atom stereocenters. The molecule has 1 heterocycles. The lowest BCUT2D eigenvalue weighted by Gasteiger charge is -2.26. The van der Waals surface area contributed by atoms with Crippen molar-refractivity contribution in [3.05, 3.63) is 59.7 Å². The van der Waals surface area contributed by atoms with Gasteiger partial charge in [-0.15, -0.1) is 0 Å². The van der Waals surface area contributed by atoms with E-state index in [9.17, 15) is 4.79 Å². The number of methoxy groups -OCH3 is 2. The van der Waals surface area contributed by atoms with Crippen LogP contribution in [0.4, 0.5) is 5.69 Å². The molecule has 6 nitrogen and oxygen atoms in total. The molecule has 3 rings (SSSR count). The van der Waals surface area contributed by atoms with E-state index in [1.54, 1.807) is 26.4 Å². The molecule has 0 aliphatic carbocycles. The fourth-order valence-corrected chi connectivity index (χ4v) is 3.15. The molecule has 29 heavy (non-hydrogen) atoms. The highest BCUT2D eigenvalue weighted by atomic mass is 16.5. The van der Waals surface area contributed by atoms with Crippen LogP contribution >= 0.6 is 0 Å². The molecular formula is C23H28N2O4. The molecule has 0 bridgehead atoms. The van der Waals surface area contributed by atoms with Crippen LogP contribution in [-0.4, -0.2) is 57.9 Å². The van der Waals surface area contributed by atoms with Gasteiger partial charge in [0.05, 0.1) is 27.4 Å². The van der Waals surface area contributed by atoms with Crippen LogP contribution in [0.3, 0.4) is 0 Å². The minimum Gasteiger partial charge on any atom is -0.497 e. The number of carbonyl (C=O) groups excluding carboxylic acids is 1. The maximum atomic E-state index is 12.2. The van der Waals surface area contributed by atoms with E-state index in [1.807, 2.05) is 24.3 Å². The van der Waals surface area contributed by atoms with Crippen LogP contribution < -0.4 is 14.8 Å². The molecule has 0 saturated carbocycles. The third-order valence-corrected chi connectivity index (χ3v) is 4.84. The third kappa shape index (κ3) is 6.62. The van der Waals surface area contributed by atoms with Gasteiger partial charge in [0.25, 0.3) is 0 Å². The maximum absolute atomic E-state index is 12.2. The van der Waals surface area contributed by atoms with E-state index in [2.05, 4.69) is 22.3 Å². The average molecular weight is 396 g/mol. The topological polar surface area (TPSA) is 60.0 Å². The van der Waals surface area contributed by atoms with Crippen molar-refractivity contribution < 1.29 is 19.0 Å². The average Bonchev–Trinajstić information content (AvgIpc) is 2.77. The number of hydrogen-bond acceptors (Lipinski definition) is 5. The molecule has 2 aromatic carbocycles. The standard InChI is InChI=1S/C23H28N2O4/c1-27-21-15-19(16-22(17-21)28-2)5-8-23(26)24-20-6-3-18(4-7-20)9-10-25-11-13-29-14-12-25/h3-8,15-17H,9-14H2,1-2H3,(H,24,26). The van der Waals surface area contributed by atoms with Crippen LogP contribution in [-0.2, 0) is 16.0 Å². The van der Waals surface area contributed by atoms with Crippen molar-refractivity contribution in [2.75, 3.05) is 52.4 Å². The Morgan fingerprint density at radius 3 is 2.34 bits per heavy atom. The van der Waals surface area contributed by atoms with Gasteiger partial charge in [-0.25, -0.2) is 0 Å². The Morgan fingerprint density at radius 2 is 1.72 bits per heavy atom. The van der Waals surface area contributed by atoms with E-state index in [4.69, 9.17) is 14.2 Å². The predicted octanol–water partition coefficient (Wildman–Crippen LogP) is 3.23. The number of nitrogens with zero attached hydrogens (tertiary/aromatic N) is 1. The lowest BCUT2D eigenvalue weighted by atomic mass is 10.1. The van der Waals surface area contributed by atoms with Gasteiger partial charge in [-0.05, 0) is 47.9 Å². The summed E-state index contributed by atoms with van der Waals surface area (Å²) in [6.45, 7) is 4.67. The summed E-state index contributed by atoms with van der Waals surface area (Å²) in [5.74, 6) is 1.17. The van der Waals surface area contributed by atoms with E-state index in [0.29, 0.717) is 11.5 Å². The van der Waals surface area contributed by atoms with E-state index in [1.165, 1.54) is 11.6 Å². The van der Waals surface area contributed by atoms with Gasteiger partial charge in [0.15, 0.2) is 0 Å². The summed E-state index contributed by atoms with van der Waals surface area (Å²) in [5.41, 5.74) is 2.86. The van der Waals surface area contributed by atoms with Crippen LogP contribution in [0, 0.1) is 0 Å². The first-order valence-electron chi connectivity index (χ1n) is 9.77. The molecule has 0 atom stereocenters. The monoisotopic (exact) mass is 396 g/mol. The molecule has 1 aliphatic heterocycles. The Balaban J connectivity index is 1.51. The van der Waals surface area contributed by atoms with Crippen LogP contribution in [0.15, 0.2) is 48.5 Å². The molecule has 2 aromatic rings. The molecule has 1 saturated heterocycles. The Labute approximate surface area is 172 Å². The number of ether oxygens (including phenoxy) is 3.